The molecule has 4 nitrogen and oxygen atoms in total. The van der Waals surface area contributed by atoms with E-state index in [1.54, 1.807) is 0 Å². The van der Waals surface area contributed by atoms with E-state index in [2.05, 4.69) is 29.2 Å². The number of nitrogens with zero attached hydrogens (tertiary/aromatic N) is 1. The molecule has 3 rings (SSSR count). The zero-order valence-electron chi connectivity index (χ0n) is 13.8. The summed E-state index contributed by atoms with van der Waals surface area (Å²) in [6.45, 7) is 3.08. The lowest BCUT2D eigenvalue weighted by Crippen LogP contribution is -2.37. The van der Waals surface area contributed by atoms with Gasteiger partial charge in [0.05, 0.1) is 0 Å². The average molecular weight is 325 g/mol. The van der Waals surface area contributed by atoms with Gasteiger partial charge in [0.25, 0.3) is 0 Å². The molecule has 1 aliphatic heterocycles. The van der Waals surface area contributed by atoms with Crippen LogP contribution in [0.4, 0.5) is 4.79 Å². The molecule has 1 aliphatic rings. The topological polar surface area (TPSA) is 38.8 Å². The van der Waals surface area contributed by atoms with Crippen LogP contribution in [0, 0.1) is 0 Å². The summed E-state index contributed by atoms with van der Waals surface area (Å²) >= 11 is 0. The first-order chi connectivity index (χ1) is 11.8. The molecule has 126 valence electrons. The third-order valence-corrected chi connectivity index (χ3v) is 4.25. The van der Waals surface area contributed by atoms with Crippen molar-refractivity contribution in [2.24, 2.45) is 0 Å². The Bertz CT molecular complexity index is 622. The van der Waals surface area contributed by atoms with Gasteiger partial charge in [-0.25, -0.2) is 4.79 Å². The van der Waals surface area contributed by atoms with Gasteiger partial charge in [-0.15, -0.1) is 0 Å². The highest BCUT2D eigenvalue weighted by Crippen LogP contribution is 2.17. The van der Waals surface area contributed by atoms with Crippen molar-refractivity contribution in [2.75, 3.05) is 13.1 Å². The Morgan fingerprint density at radius 1 is 0.917 bits per heavy atom. The standard InChI is InChI=1S/C20H23NO3/c22-20(23-16-18-9-5-2-6-10-18)24-19-11-13-21(14-12-19)15-17-7-3-1-4-8-17/h1-10,19H,11-16H2. The van der Waals surface area contributed by atoms with Crippen molar-refractivity contribution in [3.63, 3.8) is 0 Å². The summed E-state index contributed by atoms with van der Waals surface area (Å²) in [6, 6.07) is 20.1. The molecule has 0 saturated carbocycles. The largest absolute Gasteiger partial charge is 0.508 e. The van der Waals surface area contributed by atoms with E-state index in [1.807, 2.05) is 36.4 Å². The van der Waals surface area contributed by atoms with Crippen molar-refractivity contribution < 1.29 is 14.3 Å². The third-order valence-electron chi connectivity index (χ3n) is 4.25. The van der Waals surface area contributed by atoms with Crippen LogP contribution in [-0.2, 0) is 22.6 Å². The van der Waals surface area contributed by atoms with Gasteiger partial charge in [-0.05, 0) is 24.0 Å². The molecule has 1 heterocycles. The molecule has 1 fully saturated rings. The first-order valence-electron chi connectivity index (χ1n) is 8.43. The number of hydrogen-bond donors (Lipinski definition) is 0. The molecule has 24 heavy (non-hydrogen) atoms. The molecular weight excluding hydrogens is 302 g/mol. The molecule has 2 aromatic carbocycles. The minimum atomic E-state index is -0.569. The molecule has 0 amide bonds. The molecule has 0 aliphatic carbocycles. The van der Waals surface area contributed by atoms with Crippen LogP contribution in [0.3, 0.4) is 0 Å². The molecule has 1 saturated heterocycles. The molecule has 0 spiro atoms. The summed E-state index contributed by atoms with van der Waals surface area (Å²) in [5.74, 6) is 0. The van der Waals surface area contributed by atoms with Crippen LogP contribution >= 0.6 is 0 Å². The van der Waals surface area contributed by atoms with Crippen molar-refractivity contribution in [1.29, 1.82) is 0 Å². The van der Waals surface area contributed by atoms with Gasteiger partial charge >= 0.3 is 6.16 Å². The summed E-state index contributed by atoms with van der Waals surface area (Å²) in [5, 5.41) is 0. The molecule has 0 unspecified atom stereocenters. The summed E-state index contributed by atoms with van der Waals surface area (Å²) in [4.78, 5) is 14.2. The van der Waals surface area contributed by atoms with E-state index >= 15 is 0 Å². The zero-order chi connectivity index (χ0) is 16.6. The summed E-state index contributed by atoms with van der Waals surface area (Å²) in [7, 11) is 0. The molecule has 0 N–H and O–H groups in total. The lowest BCUT2D eigenvalue weighted by atomic mass is 10.1. The van der Waals surface area contributed by atoms with Crippen LogP contribution in [0.2, 0.25) is 0 Å². The fourth-order valence-electron chi connectivity index (χ4n) is 2.91. The van der Waals surface area contributed by atoms with Gasteiger partial charge < -0.3 is 9.47 Å². The maximum Gasteiger partial charge on any atom is 0.508 e. The van der Waals surface area contributed by atoms with E-state index in [0.29, 0.717) is 0 Å². The molecule has 0 atom stereocenters. The number of carbonyl (C=O) groups excluding carboxylic acids is 1. The number of ether oxygens (including phenoxy) is 2. The third kappa shape index (κ3) is 5.10. The van der Waals surface area contributed by atoms with Crippen LogP contribution < -0.4 is 0 Å². The second-order valence-corrected chi connectivity index (χ2v) is 6.10. The Labute approximate surface area is 143 Å². The van der Waals surface area contributed by atoms with Crippen LogP contribution in [0.5, 0.6) is 0 Å². The summed E-state index contributed by atoms with van der Waals surface area (Å²) < 4.78 is 10.6. The Hall–Kier alpha value is -2.33. The Balaban J connectivity index is 1.36. The number of benzene rings is 2. The van der Waals surface area contributed by atoms with E-state index in [-0.39, 0.29) is 12.7 Å². The first-order valence-corrected chi connectivity index (χ1v) is 8.43. The first kappa shape index (κ1) is 16.5. The quantitative estimate of drug-likeness (QED) is 0.779. The van der Waals surface area contributed by atoms with E-state index in [9.17, 15) is 4.79 Å². The maximum absolute atomic E-state index is 11.8. The van der Waals surface area contributed by atoms with Crippen molar-refractivity contribution in [3.8, 4) is 0 Å². The van der Waals surface area contributed by atoms with Crippen molar-refractivity contribution in [2.45, 2.75) is 32.1 Å². The fourth-order valence-corrected chi connectivity index (χ4v) is 2.91. The lowest BCUT2D eigenvalue weighted by molar-refractivity contribution is -0.00446. The predicted octanol–water partition coefficient (Wildman–Crippen LogP) is 4.00. The molecule has 0 radical (unpaired) electrons. The highest BCUT2D eigenvalue weighted by molar-refractivity contribution is 5.60. The second kappa shape index (κ2) is 8.50. The van der Waals surface area contributed by atoms with E-state index in [4.69, 9.17) is 9.47 Å². The van der Waals surface area contributed by atoms with Crippen LogP contribution in [0.1, 0.15) is 24.0 Å². The Kier molecular flexibility index (Phi) is 5.85. The average Bonchev–Trinajstić information content (AvgIpc) is 2.63. The smallest absolute Gasteiger partial charge is 0.431 e. The van der Waals surface area contributed by atoms with Gasteiger partial charge in [-0.3, -0.25) is 4.90 Å². The molecule has 0 aromatic heterocycles. The molecular formula is C20H23NO3. The van der Waals surface area contributed by atoms with Crippen molar-refractivity contribution in [1.82, 2.24) is 4.90 Å². The van der Waals surface area contributed by atoms with Crippen molar-refractivity contribution in [3.05, 3.63) is 71.8 Å². The number of carbonyl (C=O) groups is 1. The lowest BCUT2D eigenvalue weighted by Gasteiger charge is -2.31. The number of rotatable bonds is 5. The van der Waals surface area contributed by atoms with Gasteiger partial charge in [-0.1, -0.05) is 60.7 Å². The monoisotopic (exact) mass is 325 g/mol. The van der Waals surface area contributed by atoms with E-state index < -0.39 is 6.16 Å². The van der Waals surface area contributed by atoms with E-state index in [1.165, 1.54) is 5.56 Å². The SMILES string of the molecule is O=C(OCc1ccccc1)OC1CCN(Cc2ccccc2)CC1. The van der Waals surface area contributed by atoms with Gasteiger partial charge in [0.2, 0.25) is 0 Å². The highest BCUT2D eigenvalue weighted by Gasteiger charge is 2.22. The van der Waals surface area contributed by atoms with Crippen LogP contribution in [-0.4, -0.2) is 30.2 Å². The highest BCUT2D eigenvalue weighted by atomic mass is 16.7. The number of likely N-dealkylation sites (tertiary alicyclic amines) is 1. The van der Waals surface area contributed by atoms with E-state index in [0.717, 1.165) is 38.0 Å². The molecule has 2 aromatic rings. The minimum Gasteiger partial charge on any atom is -0.431 e. The van der Waals surface area contributed by atoms with Gasteiger partial charge in [0, 0.05) is 19.6 Å². The maximum atomic E-state index is 11.8. The Morgan fingerprint density at radius 3 is 2.12 bits per heavy atom. The fraction of sp³-hybridized carbons (Fsp3) is 0.350. The van der Waals surface area contributed by atoms with Crippen LogP contribution in [0.25, 0.3) is 0 Å². The zero-order valence-corrected chi connectivity index (χ0v) is 13.8. The van der Waals surface area contributed by atoms with Gasteiger partial charge in [0.1, 0.15) is 12.7 Å². The van der Waals surface area contributed by atoms with Gasteiger partial charge in [0.15, 0.2) is 0 Å². The van der Waals surface area contributed by atoms with Crippen LogP contribution in [0.15, 0.2) is 60.7 Å². The second-order valence-electron chi connectivity index (χ2n) is 6.10. The molecule has 4 heteroatoms. The molecule has 0 bridgehead atoms. The normalized spacial score (nSPS) is 15.8. The van der Waals surface area contributed by atoms with Gasteiger partial charge in [-0.2, -0.15) is 0 Å². The number of hydrogen-bond acceptors (Lipinski definition) is 4. The predicted molar refractivity (Wildman–Crippen MR) is 92.5 cm³/mol. The summed E-state index contributed by atoms with van der Waals surface area (Å²) in [5.41, 5.74) is 2.28. The number of piperidine rings is 1. The van der Waals surface area contributed by atoms with Crippen molar-refractivity contribution >= 4 is 6.16 Å². The Morgan fingerprint density at radius 2 is 1.50 bits per heavy atom. The minimum absolute atomic E-state index is 0.0414. The summed E-state index contributed by atoms with van der Waals surface area (Å²) in [6.07, 6.45) is 1.10.